The van der Waals surface area contributed by atoms with Crippen LogP contribution < -0.4 is 29.0 Å². The molecule has 0 aromatic heterocycles. The van der Waals surface area contributed by atoms with E-state index in [2.05, 4.69) is 17.0 Å². The summed E-state index contributed by atoms with van der Waals surface area (Å²) in [6.45, 7) is 2.99. The molecule has 258 valence electrons. The maximum Gasteiger partial charge on any atom is 0.264 e. The van der Waals surface area contributed by atoms with E-state index in [1.54, 1.807) is 38.4 Å². The van der Waals surface area contributed by atoms with Gasteiger partial charge < -0.3 is 24.3 Å². The number of carbonyl (C=O) groups is 2. The quantitative estimate of drug-likeness (QED) is 0.172. The highest BCUT2D eigenvalue weighted by atomic mass is 32.2. The van der Waals surface area contributed by atoms with Gasteiger partial charge in [0, 0.05) is 31.0 Å². The van der Waals surface area contributed by atoms with Gasteiger partial charge in [0.2, 0.25) is 5.91 Å². The maximum atomic E-state index is 12.6. The number of benzene rings is 3. The van der Waals surface area contributed by atoms with Crippen molar-refractivity contribution in [2.75, 3.05) is 27.4 Å². The maximum absolute atomic E-state index is 12.6. The Morgan fingerprint density at radius 3 is 2.31 bits per heavy atom. The summed E-state index contributed by atoms with van der Waals surface area (Å²) in [5.74, 6) is 2.73. The number of nitrogens with one attached hydrogen (secondary N) is 2. The van der Waals surface area contributed by atoms with Crippen molar-refractivity contribution < 1.29 is 37.0 Å². The summed E-state index contributed by atoms with van der Waals surface area (Å²) in [4.78, 5) is 25.0. The number of hydrogen-bond acceptors (Lipinski definition) is 8. The standard InChI is InChI=1S/C37H46N2O8S/c1-4-9-29-32(45-22-8-23-46-33-20-18-30(37(41)38-2)36(44-3)31(33)24-25-12-13-25)19-15-26-14-16-27(47-35(26)29)17-21-34(40)39-48(42,43)28-10-6-5-7-11-28/h5-7,10-11,15,18-20,25,27H,4,8-9,12-14,16-17,21-24H2,1-3H3,(H,38,41)(H,39,40). The van der Waals surface area contributed by atoms with E-state index in [0.717, 1.165) is 66.0 Å². The highest BCUT2D eigenvalue weighted by Gasteiger charge is 2.28. The largest absolute Gasteiger partial charge is 0.495 e. The van der Waals surface area contributed by atoms with Crippen LogP contribution >= 0.6 is 0 Å². The Bertz CT molecular complexity index is 1690. The zero-order valence-corrected chi connectivity index (χ0v) is 28.8. The SMILES string of the molecule is CCCc1c(OCCCOc2ccc(C(=O)NC)c(OC)c2CC2CC2)ccc2c1OC(CCC(=O)NS(=O)(=O)c1ccccc1)CC2. The van der Waals surface area contributed by atoms with Crippen LogP contribution in [0, 0.1) is 5.92 Å². The molecule has 11 heteroatoms. The van der Waals surface area contributed by atoms with E-state index >= 15 is 0 Å². The average Bonchev–Trinajstić information content (AvgIpc) is 3.92. The molecule has 0 spiro atoms. The van der Waals surface area contributed by atoms with Crippen LogP contribution in [0.5, 0.6) is 23.0 Å². The lowest BCUT2D eigenvalue weighted by Gasteiger charge is -2.29. The van der Waals surface area contributed by atoms with Crippen molar-refractivity contribution in [3.05, 3.63) is 76.9 Å². The number of amides is 2. The minimum absolute atomic E-state index is 0.0359. The van der Waals surface area contributed by atoms with Crippen molar-refractivity contribution in [3.63, 3.8) is 0 Å². The first-order valence-electron chi connectivity index (χ1n) is 16.8. The molecular weight excluding hydrogens is 632 g/mol. The summed E-state index contributed by atoms with van der Waals surface area (Å²) in [6, 6.07) is 15.5. The Balaban J connectivity index is 1.17. The van der Waals surface area contributed by atoms with Gasteiger partial charge in [-0.15, -0.1) is 0 Å². The van der Waals surface area contributed by atoms with Crippen LogP contribution in [0.25, 0.3) is 0 Å². The Morgan fingerprint density at radius 1 is 0.938 bits per heavy atom. The summed E-state index contributed by atoms with van der Waals surface area (Å²) < 4.78 is 51.8. The van der Waals surface area contributed by atoms with Crippen LogP contribution in [0.4, 0.5) is 0 Å². The van der Waals surface area contributed by atoms with Gasteiger partial charge in [0.25, 0.3) is 15.9 Å². The smallest absolute Gasteiger partial charge is 0.264 e. The highest BCUT2D eigenvalue weighted by molar-refractivity contribution is 7.90. The van der Waals surface area contributed by atoms with Crippen molar-refractivity contribution in [3.8, 4) is 23.0 Å². The third-order valence-corrected chi connectivity index (χ3v) is 10.1. The van der Waals surface area contributed by atoms with Crippen molar-refractivity contribution >= 4 is 21.8 Å². The van der Waals surface area contributed by atoms with E-state index in [1.807, 2.05) is 18.2 Å². The van der Waals surface area contributed by atoms with E-state index in [4.69, 9.17) is 18.9 Å². The molecule has 1 saturated carbocycles. The molecule has 5 rings (SSSR count). The first-order chi connectivity index (χ1) is 23.2. The van der Waals surface area contributed by atoms with Gasteiger partial charge in [-0.05, 0) is 86.8 Å². The molecular formula is C37H46N2O8S. The van der Waals surface area contributed by atoms with Gasteiger partial charge in [-0.2, -0.15) is 0 Å². The van der Waals surface area contributed by atoms with Gasteiger partial charge >= 0.3 is 0 Å². The third-order valence-electron chi connectivity index (χ3n) is 8.70. The minimum Gasteiger partial charge on any atom is -0.495 e. The highest BCUT2D eigenvalue weighted by Crippen LogP contribution is 2.41. The lowest BCUT2D eigenvalue weighted by atomic mass is 9.95. The van der Waals surface area contributed by atoms with Gasteiger partial charge in [-0.1, -0.05) is 37.6 Å². The fourth-order valence-electron chi connectivity index (χ4n) is 6.04. The number of carbonyl (C=O) groups excluding carboxylic acids is 2. The summed E-state index contributed by atoms with van der Waals surface area (Å²) >= 11 is 0. The second-order valence-electron chi connectivity index (χ2n) is 12.3. The van der Waals surface area contributed by atoms with Gasteiger partial charge in [-0.3, -0.25) is 9.59 Å². The van der Waals surface area contributed by atoms with Crippen LogP contribution in [-0.4, -0.2) is 53.7 Å². The lowest BCUT2D eigenvalue weighted by molar-refractivity contribution is -0.119. The average molecular weight is 679 g/mol. The zero-order valence-electron chi connectivity index (χ0n) is 28.0. The van der Waals surface area contributed by atoms with E-state index in [1.165, 1.54) is 25.0 Å². The van der Waals surface area contributed by atoms with Crippen LogP contribution in [0.2, 0.25) is 0 Å². The van der Waals surface area contributed by atoms with Gasteiger partial charge in [0.1, 0.15) is 23.0 Å². The minimum atomic E-state index is -3.91. The molecule has 2 N–H and O–H groups in total. The van der Waals surface area contributed by atoms with Crippen LogP contribution in [-0.2, 0) is 34.1 Å². The topological polar surface area (TPSA) is 129 Å². The summed E-state index contributed by atoms with van der Waals surface area (Å²) in [5, 5.41) is 2.68. The summed E-state index contributed by atoms with van der Waals surface area (Å²) in [7, 11) is -0.714. The normalized spacial score (nSPS) is 15.5. The number of hydrogen-bond donors (Lipinski definition) is 2. The Kier molecular flexibility index (Phi) is 11.9. The molecule has 1 aliphatic heterocycles. The van der Waals surface area contributed by atoms with Gasteiger partial charge in [0.05, 0.1) is 36.9 Å². The van der Waals surface area contributed by atoms with Gasteiger partial charge in [-0.25, -0.2) is 13.1 Å². The molecule has 1 heterocycles. The summed E-state index contributed by atoms with van der Waals surface area (Å²) in [5.41, 5.74) is 3.56. The van der Waals surface area contributed by atoms with Crippen molar-refractivity contribution in [2.24, 2.45) is 5.92 Å². The van der Waals surface area contributed by atoms with Crippen LogP contribution in [0.15, 0.2) is 59.5 Å². The first kappa shape index (κ1) is 35.1. The first-order valence-corrected chi connectivity index (χ1v) is 18.3. The Labute approximate surface area is 283 Å². The molecule has 0 saturated heterocycles. The van der Waals surface area contributed by atoms with Crippen LogP contribution in [0.3, 0.4) is 0 Å². The second kappa shape index (κ2) is 16.2. The molecule has 2 aliphatic rings. The molecule has 10 nitrogen and oxygen atoms in total. The number of methoxy groups -OCH3 is 1. The Morgan fingerprint density at radius 2 is 1.65 bits per heavy atom. The van der Waals surface area contributed by atoms with E-state index in [-0.39, 0.29) is 23.3 Å². The molecule has 0 radical (unpaired) electrons. The number of ether oxygens (including phenoxy) is 4. The molecule has 1 atom stereocenters. The second-order valence-corrected chi connectivity index (χ2v) is 14.0. The summed E-state index contributed by atoms with van der Waals surface area (Å²) in [6.07, 6.45) is 7.26. The number of rotatable bonds is 17. The Hall–Kier alpha value is -4.25. The monoisotopic (exact) mass is 678 g/mol. The molecule has 2 amide bonds. The molecule has 0 bridgehead atoms. The molecule has 1 unspecified atom stereocenters. The lowest BCUT2D eigenvalue weighted by Crippen LogP contribution is -2.32. The predicted octanol–water partition coefficient (Wildman–Crippen LogP) is 5.79. The number of aryl methyl sites for hydroxylation is 1. The van der Waals surface area contributed by atoms with E-state index in [0.29, 0.717) is 43.3 Å². The number of fused-ring (bicyclic) bond motifs is 1. The third kappa shape index (κ3) is 8.80. The van der Waals surface area contributed by atoms with Crippen molar-refractivity contribution in [2.45, 2.75) is 82.1 Å². The van der Waals surface area contributed by atoms with Crippen LogP contribution in [0.1, 0.15) is 78.9 Å². The van der Waals surface area contributed by atoms with Gasteiger partial charge in [0.15, 0.2) is 0 Å². The number of sulfonamides is 1. The molecule has 3 aromatic carbocycles. The predicted molar refractivity (Wildman–Crippen MR) is 183 cm³/mol. The molecule has 48 heavy (non-hydrogen) atoms. The van der Waals surface area contributed by atoms with E-state index in [9.17, 15) is 18.0 Å². The van der Waals surface area contributed by atoms with Crippen molar-refractivity contribution in [1.29, 1.82) is 0 Å². The molecule has 3 aromatic rings. The van der Waals surface area contributed by atoms with E-state index < -0.39 is 15.9 Å². The molecule has 1 aliphatic carbocycles. The zero-order chi connectivity index (χ0) is 34.1. The fourth-order valence-corrected chi connectivity index (χ4v) is 7.07. The fraction of sp³-hybridized carbons (Fsp3) is 0.459. The molecule has 1 fully saturated rings. The van der Waals surface area contributed by atoms with Crippen molar-refractivity contribution in [1.82, 2.24) is 10.0 Å².